The Morgan fingerprint density at radius 2 is 2.16 bits per heavy atom. The van der Waals surface area contributed by atoms with Crippen LogP contribution < -0.4 is 10.5 Å². The molecule has 0 saturated heterocycles. The second-order valence-corrected chi connectivity index (χ2v) is 5.79. The maximum Gasteiger partial charge on any atom is 0.238 e. The van der Waals surface area contributed by atoms with Crippen molar-refractivity contribution in [3.63, 3.8) is 0 Å². The molecular formula is C11H15N5O2S. The lowest BCUT2D eigenvalue weighted by atomic mass is 10.2. The van der Waals surface area contributed by atoms with Gasteiger partial charge < -0.3 is 5.32 Å². The molecule has 7 nitrogen and oxygen atoms in total. The fourth-order valence-electron chi connectivity index (χ4n) is 1.69. The highest BCUT2D eigenvalue weighted by Crippen LogP contribution is 2.19. The van der Waals surface area contributed by atoms with Crippen molar-refractivity contribution in [1.29, 1.82) is 0 Å². The van der Waals surface area contributed by atoms with E-state index in [9.17, 15) is 8.42 Å². The number of aromatic nitrogens is 3. The molecule has 2 aromatic rings. The van der Waals surface area contributed by atoms with Crippen LogP contribution >= 0.6 is 0 Å². The average molecular weight is 281 g/mol. The third-order valence-electron chi connectivity index (χ3n) is 2.62. The molecule has 0 radical (unpaired) electrons. The predicted molar refractivity (Wildman–Crippen MR) is 70.9 cm³/mol. The molecule has 1 aromatic heterocycles. The van der Waals surface area contributed by atoms with E-state index in [1.165, 1.54) is 6.07 Å². The molecule has 8 heteroatoms. The Bertz CT molecular complexity index is 693. The Kier molecular flexibility index (Phi) is 3.54. The van der Waals surface area contributed by atoms with Gasteiger partial charge in [-0.25, -0.2) is 13.6 Å². The van der Waals surface area contributed by atoms with E-state index in [-0.39, 0.29) is 4.90 Å². The molecule has 0 fully saturated rings. The molecule has 0 unspecified atom stereocenters. The number of anilines is 1. The number of benzene rings is 1. The first kappa shape index (κ1) is 13.5. The SMILES string of the molecule is Cc1ccc(NCc2cn(C)nn2)cc1S(N)(=O)=O. The van der Waals surface area contributed by atoms with Crippen molar-refractivity contribution in [2.24, 2.45) is 12.2 Å². The molecule has 0 amide bonds. The van der Waals surface area contributed by atoms with Gasteiger partial charge in [0.1, 0.15) is 5.69 Å². The maximum absolute atomic E-state index is 11.4. The monoisotopic (exact) mass is 281 g/mol. The minimum atomic E-state index is -3.71. The van der Waals surface area contributed by atoms with Crippen molar-refractivity contribution < 1.29 is 8.42 Å². The van der Waals surface area contributed by atoms with Crippen LogP contribution in [0.15, 0.2) is 29.3 Å². The lowest BCUT2D eigenvalue weighted by molar-refractivity contribution is 0.597. The van der Waals surface area contributed by atoms with Gasteiger partial charge in [0.25, 0.3) is 0 Å². The molecule has 2 rings (SSSR count). The number of hydrogen-bond donors (Lipinski definition) is 2. The lowest BCUT2D eigenvalue weighted by Crippen LogP contribution is -2.14. The summed E-state index contributed by atoms with van der Waals surface area (Å²) in [6, 6.07) is 5.01. The summed E-state index contributed by atoms with van der Waals surface area (Å²) in [7, 11) is -1.93. The van der Waals surface area contributed by atoms with E-state index < -0.39 is 10.0 Å². The standard InChI is InChI=1S/C11H15N5O2S/c1-8-3-4-9(5-11(8)19(12,17)18)13-6-10-7-16(2)15-14-10/h3-5,7,13H,6H2,1-2H3,(H2,12,17,18). The van der Waals surface area contributed by atoms with Crippen molar-refractivity contribution in [3.05, 3.63) is 35.7 Å². The van der Waals surface area contributed by atoms with Crippen molar-refractivity contribution in [2.75, 3.05) is 5.32 Å². The largest absolute Gasteiger partial charge is 0.379 e. The van der Waals surface area contributed by atoms with Crippen molar-refractivity contribution >= 4 is 15.7 Å². The van der Waals surface area contributed by atoms with Gasteiger partial charge >= 0.3 is 0 Å². The predicted octanol–water partition coefficient (Wildman–Crippen LogP) is 0.383. The first-order valence-corrected chi connectivity index (χ1v) is 7.13. The van der Waals surface area contributed by atoms with E-state index in [1.807, 2.05) is 0 Å². The van der Waals surface area contributed by atoms with Gasteiger partial charge in [0.05, 0.1) is 11.4 Å². The van der Waals surface area contributed by atoms with Crippen LogP contribution in [-0.4, -0.2) is 23.4 Å². The second-order valence-electron chi connectivity index (χ2n) is 4.26. The Balaban J connectivity index is 2.18. The summed E-state index contributed by atoms with van der Waals surface area (Å²) in [4.78, 5) is 0.122. The summed E-state index contributed by atoms with van der Waals surface area (Å²) < 4.78 is 24.4. The van der Waals surface area contributed by atoms with Gasteiger partial charge in [0, 0.05) is 18.9 Å². The van der Waals surface area contributed by atoms with Gasteiger partial charge in [-0.1, -0.05) is 11.3 Å². The lowest BCUT2D eigenvalue weighted by Gasteiger charge is -2.08. The van der Waals surface area contributed by atoms with Crippen LogP contribution in [0.2, 0.25) is 0 Å². The Morgan fingerprint density at radius 3 is 2.74 bits per heavy atom. The summed E-state index contributed by atoms with van der Waals surface area (Å²) in [5, 5.41) is 16.0. The maximum atomic E-state index is 11.4. The second kappa shape index (κ2) is 4.98. The van der Waals surface area contributed by atoms with Gasteiger partial charge in [-0.15, -0.1) is 5.10 Å². The van der Waals surface area contributed by atoms with Crippen LogP contribution in [0.1, 0.15) is 11.3 Å². The van der Waals surface area contributed by atoms with Crippen molar-refractivity contribution in [3.8, 4) is 0 Å². The first-order valence-electron chi connectivity index (χ1n) is 5.59. The third kappa shape index (κ3) is 3.30. The quantitative estimate of drug-likeness (QED) is 0.843. The molecule has 0 spiro atoms. The highest BCUT2D eigenvalue weighted by atomic mass is 32.2. The Labute approximate surface area is 111 Å². The summed E-state index contributed by atoms with van der Waals surface area (Å²) in [6.07, 6.45) is 1.78. The van der Waals surface area contributed by atoms with Gasteiger partial charge in [-0.2, -0.15) is 0 Å². The fraction of sp³-hybridized carbons (Fsp3) is 0.273. The fourth-order valence-corrected chi connectivity index (χ4v) is 2.49. The third-order valence-corrected chi connectivity index (χ3v) is 3.67. The average Bonchev–Trinajstić information content (AvgIpc) is 2.72. The van der Waals surface area contributed by atoms with Gasteiger partial charge in [-0.3, -0.25) is 4.68 Å². The molecule has 0 atom stereocenters. The summed E-state index contributed by atoms with van der Waals surface area (Å²) in [5.74, 6) is 0. The Hall–Kier alpha value is -1.93. The number of rotatable bonds is 4. The molecule has 0 bridgehead atoms. The first-order chi connectivity index (χ1) is 8.86. The van der Waals surface area contributed by atoms with E-state index in [0.29, 0.717) is 17.8 Å². The number of sulfonamides is 1. The number of aryl methyl sites for hydroxylation is 2. The zero-order valence-electron chi connectivity index (χ0n) is 10.7. The summed E-state index contributed by atoms with van der Waals surface area (Å²) in [6.45, 7) is 2.16. The molecule has 19 heavy (non-hydrogen) atoms. The summed E-state index contributed by atoms with van der Waals surface area (Å²) in [5.41, 5.74) is 2.05. The van der Waals surface area contributed by atoms with Gasteiger partial charge in [0.2, 0.25) is 10.0 Å². The van der Waals surface area contributed by atoms with Crippen molar-refractivity contribution in [1.82, 2.24) is 15.0 Å². The smallest absolute Gasteiger partial charge is 0.238 e. The zero-order valence-corrected chi connectivity index (χ0v) is 11.5. The molecular weight excluding hydrogens is 266 g/mol. The molecule has 3 N–H and O–H groups in total. The molecule has 0 aliphatic rings. The molecule has 1 aromatic carbocycles. The minimum absolute atomic E-state index is 0.122. The van der Waals surface area contributed by atoms with E-state index >= 15 is 0 Å². The van der Waals surface area contributed by atoms with Crippen LogP contribution in [0.4, 0.5) is 5.69 Å². The highest BCUT2D eigenvalue weighted by Gasteiger charge is 2.12. The van der Waals surface area contributed by atoms with Crippen molar-refractivity contribution in [2.45, 2.75) is 18.4 Å². The van der Waals surface area contributed by atoms with Crippen LogP contribution in [0.25, 0.3) is 0 Å². The highest BCUT2D eigenvalue weighted by molar-refractivity contribution is 7.89. The van der Waals surface area contributed by atoms with Gasteiger partial charge in [-0.05, 0) is 24.6 Å². The molecule has 0 saturated carbocycles. The molecule has 1 heterocycles. The number of nitrogens with zero attached hydrogens (tertiary/aromatic N) is 3. The number of nitrogens with two attached hydrogens (primary N) is 1. The topological polar surface area (TPSA) is 103 Å². The molecule has 0 aliphatic heterocycles. The van der Waals surface area contributed by atoms with Crippen LogP contribution in [0, 0.1) is 6.92 Å². The minimum Gasteiger partial charge on any atom is -0.379 e. The van der Waals surface area contributed by atoms with E-state index in [2.05, 4.69) is 15.6 Å². The number of primary sulfonamides is 1. The van der Waals surface area contributed by atoms with E-state index in [1.54, 1.807) is 37.0 Å². The molecule has 0 aliphatic carbocycles. The van der Waals surface area contributed by atoms with E-state index in [4.69, 9.17) is 5.14 Å². The van der Waals surface area contributed by atoms with Crippen LogP contribution in [-0.2, 0) is 23.6 Å². The van der Waals surface area contributed by atoms with Crippen LogP contribution in [0.3, 0.4) is 0 Å². The summed E-state index contributed by atoms with van der Waals surface area (Å²) >= 11 is 0. The zero-order chi connectivity index (χ0) is 14.0. The normalized spacial score (nSPS) is 11.5. The Morgan fingerprint density at radius 1 is 1.42 bits per heavy atom. The molecule has 102 valence electrons. The van der Waals surface area contributed by atoms with Gasteiger partial charge in [0.15, 0.2) is 0 Å². The van der Waals surface area contributed by atoms with E-state index in [0.717, 1.165) is 5.69 Å². The number of hydrogen-bond acceptors (Lipinski definition) is 5. The number of nitrogens with one attached hydrogen (secondary N) is 1. The van der Waals surface area contributed by atoms with Crippen LogP contribution in [0.5, 0.6) is 0 Å².